The van der Waals surface area contributed by atoms with Crippen molar-refractivity contribution in [2.45, 2.75) is 33.0 Å². The summed E-state index contributed by atoms with van der Waals surface area (Å²) >= 11 is 0. The molecule has 0 saturated heterocycles. The molecule has 0 radical (unpaired) electrons. The van der Waals surface area contributed by atoms with Crippen molar-refractivity contribution in [3.63, 3.8) is 0 Å². The van der Waals surface area contributed by atoms with E-state index in [0.29, 0.717) is 17.0 Å². The summed E-state index contributed by atoms with van der Waals surface area (Å²) in [7, 11) is 0. The van der Waals surface area contributed by atoms with Crippen molar-refractivity contribution < 1.29 is 22.5 Å². The van der Waals surface area contributed by atoms with E-state index in [2.05, 4.69) is 10.5 Å². The zero-order chi connectivity index (χ0) is 17.2. The number of nitrogens with zero attached hydrogens (tertiary/aromatic N) is 1. The van der Waals surface area contributed by atoms with Crippen LogP contribution in [-0.4, -0.2) is 11.1 Å². The van der Waals surface area contributed by atoms with Crippen LogP contribution in [0.15, 0.2) is 22.7 Å². The van der Waals surface area contributed by atoms with Gasteiger partial charge < -0.3 is 15.6 Å². The molecule has 2 rings (SSSR count). The fourth-order valence-electron chi connectivity index (χ4n) is 2.17. The summed E-state index contributed by atoms with van der Waals surface area (Å²) in [5, 5.41) is 6.19. The smallest absolute Gasteiger partial charge is 0.361 e. The van der Waals surface area contributed by atoms with Crippen LogP contribution >= 0.6 is 0 Å². The molecule has 1 aromatic heterocycles. The van der Waals surface area contributed by atoms with E-state index in [1.165, 1.54) is 6.07 Å². The number of carbonyl (C=O) groups excluding carboxylic acids is 1. The van der Waals surface area contributed by atoms with Crippen LogP contribution < -0.4 is 11.1 Å². The average Bonchev–Trinajstić information content (AvgIpc) is 2.77. The monoisotopic (exact) mass is 327 g/mol. The van der Waals surface area contributed by atoms with E-state index in [1.54, 1.807) is 13.8 Å². The van der Waals surface area contributed by atoms with Gasteiger partial charge in [0.15, 0.2) is 0 Å². The minimum Gasteiger partial charge on any atom is -0.361 e. The van der Waals surface area contributed by atoms with Crippen molar-refractivity contribution in [1.82, 2.24) is 5.16 Å². The molecule has 1 aromatic carbocycles. The van der Waals surface area contributed by atoms with Crippen molar-refractivity contribution in [3.8, 4) is 0 Å². The van der Waals surface area contributed by atoms with Crippen LogP contribution in [0.4, 0.5) is 18.9 Å². The Kier molecular flexibility index (Phi) is 4.74. The number of carbonyl (C=O) groups is 1. The van der Waals surface area contributed by atoms with Gasteiger partial charge in [-0.3, -0.25) is 4.79 Å². The quantitative estimate of drug-likeness (QED) is 0.904. The molecule has 0 fully saturated rings. The summed E-state index contributed by atoms with van der Waals surface area (Å²) < 4.78 is 43.5. The number of benzene rings is 1. The molecule has 0 aliphatic carbocycles. The molecular weight excluding hydrogens is 311 g/mol. The van der Waals surface area contributed by atoms with Gasteiger partial charge >= 0.3 is 6.18 Å². The van der Waals surface area contributed by atoms with Crippen molar-refractivity contribution >= 4 is 11.6 Å². The molecule has 0 spiro atoms. The van der Waals surface area contributed by atoms with Crippen molar-refractivity contribution in [1.29, 1.82) is 0 Å². The van der Waals surface area contributed by atoms with Gasteiger partial charge in [-0.1, -0.05) is 5.16 Å². The number of nitrogens with two attached hydrogens (primary N) is 1. The number of aromatic nitrogens is 1. The van der Waals surface area contributed by atoms with Crippen LogP contribution in [0.2, 0.25) is 0 Å². The maximum absolute atomic E-state index is 12.9. The minimum atomic E-state index is -4.51. The summed E-state index contributed by atoms with van der Waals surface area (Å²) in [4.78, 5) is 12.1. The number of hydrogen-bond acceptors (Lipinski definition) is 4. The second-order valence-electron chi connectivity index (χ2n) is 5.15. The second kappa shape index (κ2) is 6.41. The van der Waals surface area contributed by atoms with Gasteiger partial charge in [-0.05, 0) is 37.6 Å². The number of rotatable bonds is 4. The molecule has 0 unspecified atom stereocenters. The van der Waals surface area contributed by atoms with Gasteiger partial charge in [0.2, 0.25) is 5.91 Å². The zero-order valence-electron chi connectivity index (χ0n) is 12.6. The molecule has 2 aromatic rings. The lowest BCUT2D eigenvalue weighted by Gasteiger charge is -2.12. The number of alkyl halides is 3. The molecule has 5 nitrogen and oxygen atoms in total. The first-order valence-electron chi connectivity index (χ1n) is 6.83. The lowest BCUT2D eigenvalue weighted by molar-refractivity contribution is -0.137. The predicted molar refractivity (Wildman–Crippen MR) is 77.6 cm³/mol. The molecule has 8 heteroatoms. The molecule has 3 N–H and O–H groups in total. The van der Waals surface area contributed by atoms with Gasteiger partial charge in [0.1, 0.15) is 5.76 Å². The maximum atomic E-state index is 12.9. The lowest BCUT2D eigenvalue weighted by atomic mass is 10.1. The molecule has 23 heavy (non-hydrogen) atoms. The Bertz CT molecular complexity index is 704. The average molecular weight is 327 g/mol. The summed E-state index contributed by atoms with van der Waals surface area (Å²) in [6.07, 6.45) is -4.54. The van der Waals surface area contributed by atoms with Crippen molar-refractivity contribution in [2.24, 2.45) is 5.73 Å². The van der Waals surface area contributed by atoms with Crippen LogP contribution in [0.3, 0.4) is 0 Å². The highest BCUT2D eigenvalue weighted by Gasteiger charge is 2.31. The highest BCUT2D eigenvalue weighted by molar-refractivity contribution is 5.92. The normalized spacial score (nSPS) is 11.6. The molecule has 0 bridgehead atoms. The SMILES string of the molecule is Cc1noc(C)c1CC(=O)Nc1cc(CN)cc(C(F)(F)F)c1. The third-order valence-electron chi connectivity index (χ3n) is 3.36. The van der Waals surface area contributed by atoms with Crippen LogP contribution in [0.25, 0.3) is 0 Å². The van der Waals surface area contributed by atoms with E-state index in [4.69, 9.17) is 10.3 Å². The Labute approximate surface area is 130 Å². The Balaban J connectivity index is 2.20. The highest BCUT2D eigenvalue weighted by Crippen LogP contribution is 2.32. The van der Waals surface area contributed by atoms with Gasteiger partial charge in [-0.15, -0.1) is 0 Å². The predicted octanol–water partition coefficient (Wildman–Crippen LogP) is 2.95. The van der Waals surface area contributed by atoms with Crippen LogP contribution in [0, 0.1) is 13.8 Å². The van der Waals surface area contributed by atoms with Gasteiger partial charge in [0.05, 0.1) is 17.7 Å². The molecule has 0 saturated carbocycles. The molecule has 124 valence electrons. The van der Waals surface area contributed by atoms with Gasteiger partial charge in [0.25, 0.3) is 0 Å². The minimum absolute atomic E-state index is 0.0324. The van der Waals surface area contributed by atoms with E-state index in [9.17, 15) is 18.0 Å². The van der Waals surface area contributed by atoms with E-state index < -0.39 is 17.6 Å². The van der Waals surface area contributed by atoms with E-state index in [1.807, 2.05) is 0 Å². The van der Waals surface area contributed by atoms with E-state index in [0.717, 1.165) is 12.1 Å². The van der Waals surface area contributed by atoms with E-state index >= 15 is 0 Å². The first-order valence-corrected chi connectivity index (χ1v) is 6.83. The lowest BCUT2D eigenvalue weighted by Crippen LogP contribution is -2.16. The zero-order valence-corrected chi connectivity index (χ0v) is 12.6. The first kappa shape index (κ1) is 17.0. The summed E-state index contributed by atoms with van der Waals surface area (Å²) in [5.41, 5.74) is 6.09. The molecule has 0 atom stereocenters. The standard InChI is InChI=1S/C15H16F3N3O2/c1-8-13(9(2)23-21-8)6-14(22)20-12-4-10(7-19)3-11(5-12)15(16,17)18/h3-5H,6-7,19H2,1-2H3,(H,20,22). The third-order valence-corrected chi connectivity index (χ3v) is 3.36. The topological polar surface area (TPSA) is 81.2 Å². The highest BCUT2D eigenvalue weighted by atomic mass is 19.4. The van der Waals surface area contributed by atoms with Crippen LogP contribution in [0.1, 0.15) is 28.1 Å². The molecular formula is C15H16F3N3O2. The number of hydrogen-bond donors (Lipinski definition) is 2. The van der Waals surface area contributed by atoms with E-state index in [-0.39, 0.29) is 24.2 Å². The van der Waals surface area contributed by atoms with Gasteiger partial charge in [-0.2, -0.15) is 13.2 Å². The van der Waals surface area contributed by atoms with Crippen LogP contribution in [-0.2, 0) is 23.9 Å². The fraction of sp³-hybridized carbons (Fsp3) is 0.333. The van der Waals surface area contributed by atoms with Crippen LogP contribution in [0.5, 0.6) is 0 Å². The Morgan fingerprint density at radius 2 is 2.00 bits per heavy atom. The second-order valence-corrected chi connectivity index (χ2v) is 5.15. The van der Waals surface area contributed by atoms with Crippen molar-refractivity contribution in [3.05, 3.63) is 46.3 Å². The Hall–Kier alpha value is -2.35. The maximum Gasteiger partial charge on any atom is 0.416 e. The largest absolute Gasteiger partial charge is 0.416 e. The molecule has 0 aliphatic heterocycles. The summed E-state index contributed by atoms with van der Waals surface area (Å²) in [5.74, 6) is 0.0473. The number of halogens is 3. The summed E-state index contributed by atoms with van der Waals surface area (Å²) in [6, 6.07) is 3.26. The molecule has 0 aliphatic rings. The molecule has 1 heterocycles. The number of aryl methyl sites for hydroxylation is 2. The number of anilines is 1. The van der Waals surface area contributed by atoms with Crippen molar-refractivity contribution in [2.75, 3.05) is 5.32 Å². The fourth-order valence-corrected chi connectivity index (χ4v) is 2.17. The van der Waals surface area contributed by atoms with Gasteiger partial charge in [-0.25, -0.2) is 0 Å². The Morgan fingerprint density at radius 3 is 2.52 bits per heavy atom. The summed E-state index contributed by atoms with van der Waals surface area (Å²) in [6.45, 7) is 3.30. The third kappa shape index (κ3) is 4.10. The number of amides is 1. The molecule has 1 amide bonds. The Morgan fingerprint density at radius 1 is 1.30 bits per heavy atom. The number of nitrogens with one attached hydrogen (secondary N) is 1. The van der Waals surface area contributed by atoms with Gasteiger partial charge in [0, 0.05) is 17.8 Å². The first-order chi connectivity index (χ1) is 10.7.